The minimum Gasteiger partial charge on any atom is -0.496 e. The van der Waals surface area contributed by atoms with Gasteiger partial charge in [0.2, 0.25) is 0 Å². The van der Waals surface area contributed by atoms with E-state index in [-0.39, 0.29) is 11.5 Å². The Morgan fingerprint density at radius 1 is 1.29 bits per heavy atom. The van der Waals surface area contributed by atoms with Gasteiger partial charge in [-0.1, -0.05) is 19.9 Å². The zero-order valence-corrected chi connectivity index (χ0v) is 14.9. The first-order valence-electron chi connectivity index (χ1n) is 8.23. The minimum absolute atomic E-state index is 0.180. The van der Waals surface area contributed by atoms with Crippen molar-refractivity contribution in [2.75, 3.05) is 40.3 Å². The topological polar surface area (TPSA) is 56.6 Å². The molecule has 0 unspecified atom stereocenters. The third kappa shape index (κ3) is 4.15. The highest BCUT2D eigenvalue weighted by molar-refractivity contribution is 6.01. The third-order valence-corrected chi connectivity index (χ3v) is 4.33. The van der Waals surface area contributed by atoms with Crippen LogP contribution in [0.3, 0.4) is 0 Å². The van der Waals surface area contributed by atoms with Gasteiger partial charge in [-0.15, -0.1) is 0 Å². The molecule has 1 amide bonds. The number of carbonyl (C=O) groups excluding carboxylic acids is 1. The molecule has 1 aromatic rings. The van der Waals surface area contributed by atoms with E-state index in [1.807, 2.05) is 25.2 Å². The van der Waals surface area contributed by atoms with E-state index in [0.717, 1.165) is 30.0 Å². The molecule has 5 nitrogen and oxygen atoms in total. The predicted octanol–water partition coefficient (Wildman–Crippen LogP) is 2.50. The maximum absolute atomic E-state index is 12.6. The Kier molecular flexibility index (Phi) is 5.99. The highest BCUT2D eigenvalue weighted by Crippen LogP contribution is 2.28. The number of rotatable bonds is 4. The SMILES string of the molecule is COc1ccc(/C=C(\C#N)C(=O)N2CCN(C)CC2)cc1C(C)C. The smallest absolute Gasteiger partial charge is 0.264 e. The van der Waals surface area contributed by atoms with Crippen LogP contribution in [-0.4, -0.2) is 56.0 Å². The summed E-state index contributed by atoms with van der Waals surface area (Å²) < 4.78 is 5.38. The number of nitrogens with zero attached hydrogens (tertiary/aromatic N) is 3. The van der Waals surface area contributed by atoms with E-state index in [1.54, 1.807) is 18.1 Å². The summed E-state index contributed by atoms with van der Waals surface area (Å²) in [4.78, 5) is 16.5. The van der Waals surface area contributed by atoms with Gasteiger partial charge in [0.1, 0.15) is 17.4 Å². The lowest BCUT2D eigenvalue weighted by Gasteiger charge is -2.32. The Hall–Kier alpha value is -2.32. The van der Waals surface area contributed by atoms with Crippen LogP contribution in [-0.2, 0) is 4.79 Å². The quantitative estimate of drug-likeness (QED) is 0.630. The van der Waals surface area contributed by atoms with Crippen molar-refractivity contribution >= 4 is 12.0 Å². The monoisotopic (exact) mass is 327 g/mol. The van der Waals surface area contributed by atoms with Crippen molar-refractivity contribution in [2.24, 2.45) is 0 Å². The lowest BCUT2D eigenvalue weighted by molar-refractivity contribution is -0.128. The Balaban J connectivity index is 2.25. The molecule has 1 aliphatic heterocycles. The molecule has 0 N–H and O–H groups in total. The maximum atomic E-state index is 12.6. The maximum Gasteiger partial charge on any atom is 0.264 e. The molecule has 128 valence electrons. The molecule has 0 saturated carbocycles. The normalized spacial score (nSPS) is 16.2. The van der Waals surface area contributed by atoms with Gasteiger partial charge in [0.15, 0.2) is 0 Å². The summed E-state index contributed by atoms with van der Waals surface area (Å²) in [6.07, 6.45) is 1.67. The fraction of sp³-hybridized carbons (Fsp3) is 0.474. The van der Waals surface area contributed by atoms with Gasteiger partial charge in [-0.05, 0) is 42.3 Å². The first kappa shape index (κ1) is 18.0. The van der Waals surface area contributed by atoms with Gasteiger partial charge in [0.25, 0.3) is 5.91 Å². The van der Waals surface area contributed by atoms with Crippen LogP contribution in [0.2, 0.25) is 0 Å². The molecule has 1 saturated heterocycles. The van der Waals surface area contributed by atoms with Crippen LogP contribution in [0, 0.1) is 11.3 Å². The molecule has 5 heteroatoms. The van der Waals surface area contributed by atoms with Gasteiger partial charge in [-0.2, -0.15) is 5.26 Å². The lowest BCUT2D eigenvalue weighted by Crippen LogP contribution is -2.47. The van der Waals surface area contributed by atoms with E-state index < -0.39 is 0 Å². The number of piperazine rings is 1. The number of likely N-dealkylation sites (N-methyl/N-ethyl adjacent to an activating group) is 1. The largest absolute Gasteiger partial charge is 0.496 e. The average molecular weight is 327 g/mol. The highest BCUT2D eigenvalue weighted by atomic mass is 16.5. The standard InChI is InChI=1S/C19H25N3O2/c1-14(2)17-12-15(5-6-18(17)24-4)11-16(13-20)19(23)22-9-7-21(3)8-10-22/h5-6,11-12,14H,7-10H2,1-4H3/b16-11+. The number of hydrogen-bond acceptors (Lipinski definition) is 4. The van der Waals surface area contributed by atoms with Crippen molar-refractivity contribution in [3.8, 4) is 11.8 Å². The Labute approximate surface area is 144 Å². The number of ether oxygens (including phenoxy) is 1. The second kappa shape index (κ2) is 7.98. The molecule has 0 spiro atoms. The van der Waals surface area contributed by atoms with Gasteiger partial charge in [0.05, 0.1) is 7.11 Å². The lowest BCUT2D eigenvalue weighted by atomic mass is 9.98. The Morgan fingerprint density at radius 2 is 1.96 bits per heavy atom. The molecule has 0 aliphatic carbocycles. The van der Waals surface area contributed by atoms with Crippen molar-refractivity contribution in [2.45, 2.75) is 19.8 Å². The van der Waals surface area contributed by atoms with Gasteiger partial charge >= 0.3 is 0 Å². The molecule has 0 aromatic heterocycles. The molecule has 0 radical (unpaired) electrons. The van der Waals surface area contributed by atoms with Gasteiger partial charge < -0.3 is 14.5 Å². The summed E-state index contributed by atoms with van der Waals surface area (Å²) in [5.41, 5.74) is 2.09. The predicted molar refractivity (Wildman–Crippen MR) is 94.8 cm³/mol. The second-order valence-corrected chi connectivity index (χ2v) is 6.42. The van der Waals surface area contributed by atoms with Crippen LogP contribution in [0.1, 0.15) is 30.9 Å². The second-order valence-electron chi connectivity index (χ2n) is 6.42. The Morgan fingerprint density at radius 3 is 2.50 bits per heavy atom. The molecule has 2 rings (SSSR count). The van der Waals surface area contributed by atoms with Gasteiger partial charge in [-0.25, -0.2) is 0 Å². The molecule has 1 heterocycles. The molecule has 24 heavy (non-hydrogen) atoms. The van der Waals surface area contributed by atoms with Gasteiger partial charge in [-0.3, -0.25) is 4.79 Å². The summed E-state index contributed by atoms with van der Waals surface area (Å²) in [7, 11) is 3.68. The number of benzene rings is 1. The summed E-state index contributed by atoms with van der Waals surface area (Å²) >= 11 is 0. The molecule has 1 fully saturated rings. The first-order valence-corrected chi connectivity index (χ1v) is 8.23. The molecular formula is C19H25N3O2. The van der Waals surface area contributed by atoms with E-state index in [1.165, 1.54) is 0 Å². The van der Waals surface area contributed by atoms with Crippen LogP contribution in [0.5, 0.6) is 5.75 Å². The van der Waals surface area contributed by atoms with E-state index >= 15 is 0 Å². The zero-order chi connectivity index (χ0) is 17.7. The minimum atomic E-state index is -0.187. The molecule has 1 aliphatic rings. The van der Waals surface area contributed by atoms with Crippen molar-refractivity contribution in [3.63, 3.8) is 0 Å². The molecule has 0 atom stereocenters. The van der Waals surface area contributed by atoms with E-state index in [4.69, 9.17) is 4.74 Å². The van der Waals surface area contributed by atoms with E-state index in [2.05, 4.69) is 24.8 Å². The van der Waals surface area contributed by atoms with E-state index in [9.17, 15) is 10.1 Å². The fourth-order valence-corrected chi connectivity index (χ4v) is 2.78. The number of carbonyl (C=O) groups is 1. The zero-order valence-electron chi connectivity index (χ0n) is 14.9. The first-order chi connectivity index (χ1) is 11.5. The average Bonchev–Trinajstić information content (AvgIpc) is 2.59. The Bertz CT molecular complexity index is 666. The summed E-state index contributed by atoms with van der Waals surface area (Å²) in [5.74, 6) is 0.936. The molecule has 1 aromatic carbocycles. The number of methoxy groups -OCH3 is 1. The summed E-state index contributed by atoms with van der Waals surface area (Å²) in [5, 5.41) is 9.42. The number of amides is 1. The fourth-order valence-electron chi connectivity index (χ4n) is 2.78. The van der Waals surface area contributed by atoms with Crippen LogP contribution >= 0.6 is 0 Å². The van der Waals surface area contributed by atoms with Crippen molar-refractivity contribution < 1.29 is 9.53 Å². The van der Waals surface area contributed by atoms with Crippen LogP contribution in [0.4, 0.5) is 0 Å². The highest BCUT2D eigenvalue weighted by Gasteiger charge is 2.22. The van der Waals surface area contributed by atoms with Crippen molar-refractivity contribution in [1.29, 1.82) is 5.26 Å². The molecular weight excluding hydrogens is 302 g/mol. The summed E-state index contributed by atoms with van der Waals surface area (Å²) in [6.45, 7) is 7.18. The number of nitriles is 1. The van der Waals surface area contributed by atoms with Crippen LogP contribution in [0.15, 0.2) is 23.8 Å². The van der Waals surface area contributed by atoms with Crippen molar-refractivity contribution in [1.82, 2.24) is 9.80 Å². The number of hydrogen-bond donors (Lipinski definition) is 0. The van der Waals surface area contributed by atoms with Gasteiger partial charge in [0, 0.05) is 26.2 Å². The third-order valence-electron chi connectivity index (χ3n) is 4.33. The van der Waals surface area contributed by atoms with Crippen LogP contribution < -0.4 is 4.74 Å². The summed E-state index contributed by atoms with van der Waals surface area (Å²) in [6, 6.07) is 7.81. The molecule has 0 bridgehead atoms. The van der Waals surface area contributed by atoms with Crippen molar-refractivity contribution in [3.05, 3.63) is 34.9 Å². The van der Waals surface area contributed by atoms with Crippen LogP contribution in [0.25, 0.3) is 6.08 Å². The van der Waals surface area contributed by atoms with E-state index in [0.29, 0.717) is 19.0 Å².